The molecule has 0 saturated carbocycles. The summed E-state index contributed by atoms with van der Waals surface area (Å²) in [7, 11) is -1.69. The molecule has 0 aliphatic rings. The predicted octanol–water partition coefficient (Wildman–Crippen LogP) is 1.80. The van der Waals surface area contributed by atoms with Crippen molar-refractivity contribution < 1.29 is 8.85 Å². The summed E-state index contributed by atoms with van der Waals surface area (Å²) in [5.74, 6) is 0. The maximum Gasteiger partial charge on any atom is 0.187 e. The molecular formula is C8H24O2Si3. The minimum absolute atomic E-state index is 0.0880. The summed E-state index contributed by atoms with van der Waals surface area (Å²) in [5, 5.41) is 0. The van der Waals surface area contributed by atoms with Crippen molar-refractivity contribution in [3.63, 3.8) is 0 Å². The molecule has 0 atom stereocenters. The van der Waals surface area contributed by atoms with Gasteiger partial charge in [-0.3, -0.25) is 0 Å². The van der Waals surface area contributed by atoms with Gasteiger partial charge >= 0.3 is 0 Å². The van der Waals surface area contributed by atoms with Gasteiger partial charge in [0, 0.05) is 10.2 Å². The summed E-state index contributed by atoms with van der Waals surface area (Å²) in [4.78, 5) is 0. The first kappa shape index (κ1) is 13.6. The third-order valence-electron chi connectivity index (χ3n) is 1.30. The molecule has 0 saturated heterocycles. The number of hydrogen-bond donors (Lipinski definition) is 0. The van der Waals surface area contributed by atoms with Crippen molar-refractivity contribution in [2.45, 2.75) is 51.6 Å². The van der Waals surface area contributed by atoms with Gasteiger partial charge in [0.25, 0.3) is 0 Å². The van der Waals surface area contributed by atoms with Crippen molar-refractivity contribution in [1.82, 2.24) is 0 Å². The maximum atomic E-state index is 5.95. The molecule has 0 radical (unpaired) electrons. The van der Waals surface area contributed by atoms with E-state index in [2.05, 4.69) is 39.3 Å². The SMILES string of the molecule is C[Si](C)(C)OC(C[SiH3])O[Si](C)(C)C. The Hall–Kier alpha value is 0.571. The fourth-order valence-corrected chi connectivity index (χ4v) is 4.08. The maximum absolute atomic E-state index is 5.95. The summed E-state index contributed by atoms with van der Waals surface area (Å²) in [6.07, 6.45) is 0.0880. The van der Waals surface area contributed by atoms with Crippen molar-refractivity contribution in [2.24, 2.45) is 0 Å². The van der Waals surface area contributed by atoms with Gasteiger partial charge in [0.15, 0.2) is 16.6 Å². The summed E-state index contributed by atoms with van der Waals surface area (Å²) < 4.78 is 11.9. The topological polar surface area (TPSA) is 18.5 Å². The molecular weight excluding hydrogens is 212 g/mol. The molecule has 0 aromatic heterocycles. The molecule has 0 aromatic carbocycles. The summed E-state index contributed by atoms with van der Waals surface area (Å²) in [6, 6.07) is 1.09. The lowest BCUT2D eigenvalue weighted by Gasteiger charge is -2.30. The lowest BCUT2D eigenvalue weighted by molar-refractivity contribution is 0.00987. The van der Waals surface area contributed by atoms with Crippen molar-refractivity contribution in [3.05, 3.63) is 0 Å². The van der Waals surface area contributed by atoms with Gasteiger partial charge in [0.1, 0.15) is 6.29 Å². The zero-order chi connectivity index (χ0) is 10.7. The molecule has 0 aromatic rings. The standard InChI is InChI=1S/C8H24O2Si3/c1-12(2,3)9-8(7-11)10-13(4,5)6/h8H,7H2,1-6,11H3. The Bertz CT molecular complexity index is 132. The molecule has 0 aliphatic carbocycles. The van der Waals surface area contributed by atoms with Gasteiger partial charge in [-0.2, -0.15) is 0 Å². The van der Waals surface area contributed by atoms with Gasteiger partial charge in [-0.1, -0.05) is 0 Å². The second kappa shape index (κ2) is 4.88. The minimum Gasteiger partial charge on any atom is -0.394 e. The monoisotopic (exact) mass is 236 g/mol. The first-order valence-corrected chi connectivity index (χ1v) is 13.2. The van der Waals surface area contributed by atoms with Gasteiger partial charge in [-0.15, -0.1) is 0 Å². The van der Waals surface area contributed by atoms with Crippen LogP contribution < -0.4 is 0 Å². The highest BCUT2D eigenvalue weighted by Crippen LogP contribution is 2.15. The third kappa shape index (κ3) is 8.89. The van der Waals surface area contributed by atoms with E-state index in [-0.39, 0.29) is 6.29 Å². The van der Waals surface area contributed by atoms with Crippen LogP contribution >= 0.6 is 0 Å². The van der Waals surface area contributed by atoms with Crippen LogP contribution in [0.5, 0.6) is 0 Å². The van der Waals surface area contributed by atoms with Crippen LogP contribution in [0, 0.1) is 0 Å². The van der Waals surface area contributed by atoms with Crippen LogP contribution in [0.3, 0.4) is 0 Å². The normalized spacial score (nSPS) is 14.1. The van der Waals surface area contributed by atoms with E-state index in [1.54, 1.807) is 0 Å². The largest absolute Gasteiger partial charge is 0.394 e. The molecule has 0 spiro atoms. The van der Waals surface area contributed by atoms with E-state index in [9.17, 15) is 0 Å². The molecule has 0 bridgehead atoms. The molecule has 0 heterocycles. The highest BCUT2D eigenvalue weighted by atomic mass is 28.4. The zero-order valence-electron chi connectivity index (χ0n) is 10.1. The Morgan fingerprint density at radius 2 is 1.23 bits per heavy atom. The summed E-state index contributed by atoms with van der Waals surface area (Å²) in [6.45, 7) is 13.3. The second-order valence-electron chi connectivity index (χ2n) is 5.30. The molecule has 13 heavy (non-hydrogen) atoms. The predicted molar refractivity (Wildman–Crippen MR) is 67.4 cm³/mol. The average molecular weight is 237 g/mol. The summed E-state index contributed by atoms with van der Waals surface area (Å²) in [5.41, 5.74) is 0. The quantitative estimate of drug-likeness (QED) is 0.535. The van der Waals surface area contributed by atoms with Gasteiger partial charge in [0.05, 0.1) is 0 Å². The van der Waals surface area contributed by atoms with Gasteiger partial charge in [-0.25, -0.2) is 0 Å². The van der Waals surface area contributed by atoms with Crippen molar-refractivity contribution in [2.75, 3.05) is 0 Å². The zero-order valence-corrected chi connectivity index (χ0v) is 14.1. The highest BCUT2D eigenvalue weighted by molar-refractivity contribution is 6.70. The number of rotatable bonds is 5. The smallest absolute Gasteiger partial charge is 0.187 e. The van der Waals surface area contributed by atoms with Gasteiger partial charge < -0.3 is 8.85 Å². The van der Waals surface area contributed by atoms with Crippen LogP contribution in [0.2, 0.25) is 45.3 Å². The van der Waals surface area contributed by atoms with E-state index in [0.717, 1.165) is 16.3 Å². The van der Waals surface area contributed by atoms with Crippen LogP contribution in [0.15, 0.2) is 0 Å². The Morgan fingerprint density at radius 3 is 1.38 bits per heavy atom. The average Bonchev–Trinajstić information content (AvgIpc) is 1.79. The first-order valence-electron chi connectivity index (χ1n) is 5.00. The fraction of sp³-hybridized carbons (Fsp3) is 1.00. The van der Waals surface area contributed by atoms with E-state index >= 15 is 0 Å². The molecule has 0 amide bonds. The number of hydrogen-bond acceptors (Lipinski definition) is 2. The van der Waals surface area contributed by atoms with E-state index in [1.807, 2.05) is 0 Å². The molecule has 2 nitrogen and oxygen atoms in total. The van der Waals surface area contributed by atoms with Crippen LogP contribution in [-0.2, 0) is 8.85 Å². The van der Waals surface area contributed by atoms with E-state index in [1.165, 1.54) is 0 Å². The minimum atomic E-state index is -1.42. The van der Waals surface area contributed by atoms with Crippen molar-refractivity contribution >= 4 is 26.9 Å². The van der Waals surface area contributed by atoms with Crippen LogP contribution in [0.1, 0.15) is 0 Å². The molecule has 5 heteroatoms. The third-order valence-corrected chi connectivity index (χ3v) is 3.91. The van der Waals surface area contributed by atoms with E-state index in [4.69, 9.17) is 8.85 Å². The van der Waals surface area contributed by atoms with Gasteiger partial charge in [-0.05, 0) is 45.3 Å². The Morgan fingerprint density at radius 1 is 0.923 bits per heavy atom. The molecule has 0 unspecified atom stereocenters. The summed E-state index contributed by atoms with van der Waals surface area (Å²) >= 11 is 0. The first-order chi connectivity index (χ1) is 5.64. The van der Waals surface area contributed by atoms with Crippen LogP contribution in [-0.4, -0.2) is 33.2 Å². The van der Waals surface area contributed by atoms with Crippen LogP contribution in [0.4, 0.5) is 0 Å². The lowest BCUT2D eigenvalue weighted by Crippen LogP contribution is -2.39. The fourth-order valence-electron chi connectivity index (χ4n) is 0.979. The molecule has 0 rings (SSSR count). The molecule has 0 fully saturated rings. The Kier molecular flexibility index (Phi) is 5.09. The Balaban J connectivity index is 4.05. The van der Waals surface area contributed by atoms with E-state index in [0.29, 0.717) is 0 Å². The molecule has 0 aliphatic heterocycles. The van der Waals surface area contributed by atoms with Crippen molar-refractivity contribution in [3.8, 4) is 0 Å². The Labute approximate surface area is 87.7 Å². The van der Waals surface area contributed by atoms with E-state index < -0.39 is 16.6 Å². The van der Waals surface area contributed by atoms with Crippen LogP contribution in [0.25, 0.3) is 0 Å². The highest BCUT2D eigenvalue weighted by Gasteiger charge is 2.25. The van der Waals surface area contributed by atoms with Gasteiger partial charge in [0.2, 0.25) is 0 Å². The lowest BCUT2D eigenvalue weighted by atomic mass is 10.8. The molecule has 80 valence electrons. The second-order valence-corrected chi connectivity index (χ2v) is 15.0. The van der Waals surface area contributed by atoms with Crippen molar-refractivity contribution in [1.29, 1.82) is 0 Å². The molecule has 0 N–H and O–H groups in total.